The van der Waals surface area contributed by atoms with Gasteiger partial charge in [0.1, 0.15) is 6.54 Å². The quantitative estimate of drug-likeness (QED) is 0.805. The van der Waals surface area contributed by atoms with E-state index in [1.54, 1.807) is 0 Å². The summed E-state index contributed by atoms with van der Waals surface area (Å²) in [6, 6.07) is 0. The van der Waals surface area contributed by atoms with Gasteiger partial charge in [-0.05, 0) is 36.2 Å². The van der Waals surface area contributed by atoms with E-state index in [2.05, 4.69) is 0 Å². The van der Waals surface area contributed by atoms with E-state index in [0.29, 0.717) is 24.8 Å². The fourth-order valence-electron chi connectivity index (χ4n) is 2.19. The maximum Gasteiger partial charge on any atom is 0.323 e. The molecule has 1 N–H and O–H groups in total. The van der Waals surface area contributed by atoms with Gasteiger partial charge in [-0.3, -0.25) is 9.59 Å². The zero-order chi connectivity index (χ0) is 13.5. The lowest BCUT2D eigenvalue weighted by Crippen LogP contribution is -2.39. The fraction of sp³-hybridized carbons (Fsp3) is 0.846. The number of carboxylic acid groups (broad SMARTS) is 1. The van der Waals surface area contributed by atoms with Crippen molar-refractivity contribution in [2.45, 2.75) is 33.1 Å². The van der Waals surface area contributed by atoms with Crippen LogP contribution in [0.1, 0.15) is 33.1 Å². The summed E-state index contributed by atoms with van der Waals surface area (Å²) in [4.78, 5) is 24.4. The number of carbonyl (C=O) groups excluding carboxylic acids is 1. The van der Waals surface area contributed by atoms with Gasteiger partial charge >= 0.3 is 5.97 Å². The van der Waals surface area contributed by atoms with Crippen molar-refractivity contribution in [3.63, 3.8) is 0 Å². The third kappa shape index (κ3) is 5.76. The second kappa shape index (κ2) is 7.67. The van der Waals surface area contributed by atoms with E-state index >= 15 is 0 Å². The Balaban J connectivity index is 2.48. The van der Waals surface area contributed by atoms with E-state index in [1.807, 2.05) is 25.6 Å². The van der Waals surface area contributed by atoms with Gasteiger partial charge in [0.2, 0.25) is 5.91 Å². The van der Waals surface area contributed by atoms with Crippen molar-refractivity contribution in [3.8, 4) is 0 Å². The highest BCUT2D eigenvalue weighted by Crippen LogP contribution is 2.25. The molecular formula is C13H23NO3S. The Kier molecular flexibility index (Phi) is 6.54. The van der Waals surface area contributed by atoms with E-state index in [9.17, 15) is 9.59 Å². The molecule has 0 spiro atoms. The van der Waals surface area contributed by atoms with Crippen molar-refractivity contribution in [1.29, 1.82) is 0 Å². The molecule has 1 heterocycles. The summed E-state index contributed by atoms with van der Waals surface area (Å²) in [7, 11) is 0. The molecule has 0 bridgehead atoms. The van der Waals surface area contributed by atoms with E-state index in [4.69, 9.17) is 5.11 Å². The lowest BCUT2D eigenvalue weighted by molar-refractivity contribution is -0.145. The second-order valence-corrected chi connectivity index (χ2v) is 6.55. The Labute approximate surface area is 113 Å². The largest absolute Gasteiger partial charge is 0.480 e. The summed E-state index contributed by atoms with van der Waals surface area (Å²) in [6.07, 6.45) is 2.68. The summed E-state index contributed by atoms with van der Waals surface area (Å²) in [5.41, 5.74) is 0. The zero-order valence-corrected chi connectivity index (χ0v) is 12.0. The molecular weight excluding hydrogens is 250 g/mol. The first-order chi connectivity index (χ1) is 8.49. The Hall–Kier alpha value is -0.710. The normalized spacial score (nSPS) is 16.8. The maximum atomic E-state index is 12.1. The van der Waals surface area contributed by atoms with Crippen molar-refractivity contribution in [2.24, 2.45) is 11.8 Å². The van der Waals surface area contributed by atoms with Crippen molar-refractivity contribution in [2.75, 3.05) is 24.6 Å². The topological polar surface area (TPSA) is 57.6 Å². The molecule has 0 saturated carbocycles. The van der Waals surface area contributed by atoms with Crippen molar-refractivity contribution in [1.82, 2.24) is 4.90 Å². The molecule has 1 saturated heterocycles. The number of nitrogens with zero attached hydrogens (tertiary/aromatic N) is 1. The first kappa shape index (κ1) is 15.3. The molecule has 0 aliphatic carbocycles. The van der Waals surface area contributed by atoms with E-state index < -0.39 is 5.97 Å². The van der Waals surface area contributed by atoms with Crippen LogP contribution in [0.25, 0.3) is 0 Å². The third-order valence-electron chi connectivity index (χ3n) is 3.07. The number of hydrogen-bond donors (Lipinski definition) is 1. The molecule has 1 fully saturated rings. The molecule has 0 atom stereocenters. The monoisotopic (exact) mass is 273 g/mol. The Morgan fingerprint density at radius 2 is 1.94 bits per heavy atom. The zero-order valence-electron chi connectivity index (χ0n) is 11.2. The number of amides is 1. The van der Waals surface area contributed by atoms with Gasteiger partial charge in [0.25, 0.3) is 0 Å². The number of hydrogen-bond acceptors (Lipinski definition) is 3. The minimum Gasteiger partial charge on any atom is -0.480 e. The number of thioether (sulfide) groups is 1. The number of carbonyl (C=O) groups is 2. The predicted octanol–water partition coefficient (Wildman–Crippen LogP) is 2.09. The molecule has 104 valence electrons. The molecule has 0 aromatic rings. The molecule has 18 heavy (non-hydrogen) atoms. The standard InChI is InChI=1S/C13H23NO3S/c1-10(2)8-14(9-13(16)17)12(15)7-11-3-5-18-6-4-11/h10-11H,3-9H2,1-2H3,(H,16,17). The van der Waals surface area contributed by atoms with Crippen LogP contribution in [0.3, 0.4) is 0 Å². The van der Waals surface area contributed by atoms with Gasteiger partial charge in [-0.25, -0.2) is 0 Å². The number of aliphatic carboxylic acids is 1. The van der Waals surface area contributed by atoms with Crippen LogP contribution in [0.4, 0.5) is 0 Å². The highest BCUT2D eigenvalue weighted by Gasteiger charge is 2.23. The van der Waals surface area contributed by atoms with Crippen LogP contribution in [-0.4, -0.2) is 46.5 Å². The van der Waals surface area contributed by atoms with Crippen LogP contribution in [0.5, 0.6) is 0 Å². The molecule has 0 aromatic heterocycles. The molecule has 1 amide bonds. The minimum absolute atomic E-state index is 0.00278. The maximum absolute atomic E-state index is 12.1. The van der Waals surface area contributed by atoms with Crippen LogP contribution < -0.4 is 0 Å². The molecule has 1 aliphatic heterocycles. The van der Waals surface area contributed by atoms with Gasteiger partial charge in [0, 0.05) is 13.0 Å². The SMILES string of the molecule is CC(C)CN(CC(=O)O)C(=O)CC1CCSCC1. The highest BCUT2D eigenvalue weighted by molar-refractivity contribution is 7.99. The third-order valence-corrected chi connectivity index (χ3v) is 4.12. The first-order valence-corrected chi connectivity index (χ1v) is 7.71. The highest BCUT2D eigenvalue weighted by atomic mass is 32.2. The minimum atomic E-state index is -0.928. The van der Waals surface area contributed by atoms with Gasteiger partial charge in [-0.15, -0.1) is 0 Å². The van der Waals surface area contributed by atoms with Gasteiger partial charge in [0.15, 0.2) is 0 Å². The van der Waals surface area contributed by atoms with Crippen LogP contribution in [-0.2, 0) is 9.59 Å². The summed E-state index contributed by atoms with van der Waals surface area (Å²) in [5, 5.41) is 8.85. The lowest BCUT2D eigenvalue weighted by atomic mass is 9.98. The van der Waals surface area contributed by atoms with Crippen LogP contribution in [0.15, 0.2) is 0 Å². The van der Waals surface area contributed by atoms with Crippen molar-refractivity contribution in [3.05, 3.63) is 0 Å². The number of rotatable bonds is 6. The Bertz CT molecular complexity index is 288. The van der Waals surface area contributed by atoms with Gasteiger partial charge in [0.05, 0.1) is 0 Å². The van der Waals surface area contributed by atoms with Gasteiger partial charge in [-0.1, -0.05) is 13.8 Å². The van der Waals surface area contributed by atoms with Crippen molar-refractivity contribution >= 4 is 23.6 Å². The predicted molar refractivity (Wildman–Crippen MR) is 73.7 cm³/mol. The molecule has 4 nitrogen and oxygen atoms in total. The van der Waals surface area contributed by atoms with E-state index in [-0.39, 0.29) is 12.5 Å². The molecule has 1 rings (SSSR count). The molecule has 0 aromatic carbocycles. The Morgan fingerprint density at radius 1 is 1.33 bits per heavy atom. The summed E-state index contributed by atoms with van der Waals surface area (Å²) < 4.78 is 0. The average molecular weight is 273 g/mol. The summed E-state index contributed by atoms with van der Waals surface area (Å²) >= 11 is 1.94. The van der Waals surface area contributed by atoms with Gasteiger partial charge in [-0.2, -0.15) is 11.8 Å². The van der Waals surface area contributed by atoms with Crippen LogP contribution >= 0.6 is 11.8 Å². The molecule has 0 unspecified atom stereocenters. The molecule has 0 radical (unpaired) electrons. The number of carboxylic acids is 1. The smallest absolute Gasteiger partial charge is 0.323 e. The second-order valence-electron chi connectivity index (χ2n) is 5.32. The lowest BCUT2D eigenvalue weighted by Gasteiger charge is -2.26. The summed E-state index contributed by atoms with van der Waals surface area (Å²) in [5.74, 6) is 2.07. The van der Waals surface area contributed by atoms with Gasteiger partial charge < -0.3 is 10.0 Å². The van der Waals surface area contributed by atoms with E-state index in [1.165, 1.54) is 4.90 Å². The van der Waals surface area contributed by atoms with Crippen molar-refractivity contribution < 1.29 is 14.7 Å². The average Bonchev–Trinajstić information content (AvgIpc) is 2.28. The van der Waals surface area contributed by atoms with Crippen LogP contribution in [0, 0.1) is 11.8 Å². The molecule has 1 aliphatic rings. The molecule has 5 heteroatoms. The van der Waals surface area contributed by atoms with E-state index in [0.717, 1.165) is 24.3 Å². The Morgan fingerprint density at radius 3 is 2.44 bits per heavy atom. The summed E-state index contributed by atoms with van der Waals surface area (Å²) in [6.45, 7) is 4.36. The first-order valence-electron chi connectivity index (χ1n) is 6.56. The van der Waals surface area contributed by atoms with Crippen LogP contribution in [0.2, 0.25) is 0 Å². The fourth-order valence-corrected chi connectivity index (χ4v) is 3.39.